The lowest BCUT2D eigenvalue weighted by Gasteiger charge is -2.21. The SMILES string of the molecule is CCN(CCc1nc2c(C)cccc2[nH]1)C(=O)Nc1cc(F)ccc1F. The van der Waals surface area contributed by atoms with Gasteiger partial charge < -0.3 is 15.2 Å². The lowest BCUT2D eigenvalue weighted by Crippen LogP contribution is -2.36. The van der Waals surface area contributed by atoms with Crippen molar-refractivity contribution in [1.82, 2.24) is 14.9 Å². The van der Waals surface area contributed by atoms with Gasteiger partial charge in [0.2, 0.25) is 0 Å². The number of halogens is 2. The minimum atomic E-state index is -0.677. The maximum Gasteiger partial charge on any atom is 0.321 e. The maximum atomic E-state index is 13.7. The molecule has 0 radical (unpaired) electrons. The highest BCUT2D eigenvalue weighted by Gasteiger charge is 2.15. The highest BCUT2D eigenvalue weighted by atomic mass is 19.1. The number of imidazole rings is 1. The highest BCUT2D eigenvalue weighted by Crippen LogP contribution is 2.17. The number of carbonyl (C=O) groups excluding carboxylic acids is 1. The quantitative estimate of drug-likeness (QED) is 0.716. The molecule has 0 fully saturated rings. The van der Waals surface area contributed by atoms with Gasteiger partial charge in [-0.1, -0.05) is 12.1 Å². The summed E-state index contributed by atoms with van der Waals surface area (Å²) in [6.45, 7) is 4.65. The van der Waals surface area contributed by atoms with Crippen LogP contribution < -0.4 is 5.32 Å². The highest BCUT2D eigenvalue weighted by molar-refractivity contribution is 5.89. The number of aryl methyl sites for hydroxylation is 1. The van der Waals surface area contributed by atoms with E-state index in [9.17, 15) is 13.6 Å². The van der Waals surface area contributed by atoms with E-state index in [-0.39, 0.29) is 5.69 Å². The van der Waals surface area contributed by atoms with Crippen molar-refractivity contribution in [3.05, 3.63) is 59.4 Å². The minimum Gasteiger partial charge on any atom is -0.342 e. The van der Waals surface area contributed by atoms with Crippen molar-refractivity contribution in [3.63, 3.8) is 0 Å². The van der Waals surface area contributed by atoms with E-state index in [1.54, 1.807) is 0 Å². The Balaban J connectivity index is 1.67. The van der Waals surface area contributed by atoms with Crippen molar-refractivity contribution in [3.8, 4) is 0 Å². The number of amides is 2. The first-order valence-corrected chi connectivity index (χ1v) is 8.43. The van der Waals surface area contributed by atoms with Gasteiger partial charge in [-0.05, 0) is 37.6 Å². The Kier molecular flexibility index (Phi) is 5.16. The topological polar surface area (TPSA) is 61.0 Å². The molecule has 0 saturated carbocycles. The zero-order valence-electron chi connectivity index (χ0n) is 14.6. The Bertz CT molecular complexity index is 938. The van der Waals surface area contributed by atoms with Crippen LogP contribution in [0.25, 0.3) is 11.0 Å². The molecule has 136 valence electrons. The lowest BCUT2D eigenvalue weighted by molar-refractivity contribution is 0.214. The van der Waals surface area contributed by atoms with Gasteiger partial charge in [0.25, 0.3) is 0 Å². The predicted octanol–water partition coefficient (Wildman–Crippen LogP) is 4.25. The average molecular weight is 358 g/mol. The summed E-state index contributed by atoms with van der Waals surface area (Å²) in [6, 6.07) is 8.37. The molecule has 26 heavy (non-hydrogen) atoms. The third-order valence-electron chi connectivity index (χ3n) is 4.22. The second-order valence-corrected chi connectivity index (χ2v) is 6.04. The standard InChI is InChI=1S/C19H20F2N4O/c1-3-25(19(26)23-16-11-13(20)7-8-14(16)21)10-9-17-22-15-6-4-5-12(2)18(15)24-17/h4-8,11H,3,9-10H2,1-2H3,(H,22,24)(H,23,26). The molecule has 0 aliphatic rings. The summed E-state index contributed by atoms with van der Waals surface area (Å²) in [5.41, 5.74) is 2.77. The largest absolute Gasteiger partial charge is 0.342 e. The summed E-state index contributed by atoms with van der Waals surface area (Å²) in [5.74, 6) is -0.511. The fourth-order valence-corrected chi connectivity index (χ4v) is 2.78. The Morgan fingerprint density at radius 1 is 1.27 bits per heavy atom. The number of H-pyrrole nitrogens is 1. The molecule has 0 bridgehead atoms. The van der Waals surface area contributed by atoms with E-state index in [4.69, 9.17) is 0 Å². The van der Waals surface area contributed by atoms with Gasteiger partial charge in [-0.15, -0.1) is 0 Å². The van der Waals surface area contributed by atoms with Gasteiger partial charge in [-0.2, -0.15) is 0 Å². The summed E-state index contributed by atoms with van der Waals surface area (Å²) in [5, 5.41) is 2.42. The van der Waals surface area contributed by atoms with Crippen LogP contribution in [-0.4, -0.2) is 34.0 Å². The number of para-hydroxylation sites is 1. The van der Waals surface area contributed by atoms with Crippen molar-refractivity contribution in [2.24, 2.45) is 0 Å². The van der Waals surface area contributed by atoms with Crippen molar-refractivity contribution >= 4 is 22.8 Å². The fourth-order valence-electron chi connectivity index (χ4n) is 2.78. The van der Waals surface area contributed by atoms with Crippen LogP contribution in [0, 0.1) is 18.6 Å². The summed E-state index contributed by atoms with van der Waals surface area (Å²) in [4.78, 5) is 21.7. The summed E-state index contributed by atoms with van der Waals surface area (Å²) in [6.07, 6.45) is 0.529. The van der Waals surface area contributed by atoms with E-state index in [1.807, 2.05) is 32.0 Å². The molecule has 1 heterocycles. The smallest absolute Gasteiger partial charge is 0.321 e. The second kappa shape index (κ2) is 7.51. The predicted molar refractivity (Wildman–Crippen MR) is 97.2 cm³/mol. The normalized spacial score (nSPS) is 10.9. The van der Waals surface area contributed by atoms with Crippen LogP contribution in [0.4, 0.5) is 19.3 Å². The molecular weight excluding hydrogens is 338 g/mol. The number of hydrogen-bond donors (Lipinski definition) is 2. The Morgan fingerprint density at radius 3 is 2.81 bits per heavy atom. The second-order valence-electron chi connectivity index (χ2n) is 6.04. The number of likely N-dealkylation sites (N-methyl/N-ethyl adjacent to an activating group) is 1. The van der Waals surface area contributed by atoms with Crippen molar-refractivity contribution in [2.45, 2.75) is 20.3 Å². The molecule has 2 amide bonds. The third kappa shape index (κ3) is 3.82. The molecule has 1 aromatic heterocycles. The number of anilines is 1. The number of rotatable bonds is 5. The number of nitrogens with zero attached hydrogens (tertiary/aromatic N) is 2. The molecule has 0 saturated heterocycles. The van der Waals surface area contributed by atoms with Gasteiger partial charge >= 0.3 is 6.03 Å². The first-order valence-electron chi connectivity index (χ1n) is 8.43. The number of hydrogen-bond acceptors (Lipinski definition) is 2. The van der Waals surface area contributed by atoms with Crippen molar-refractivity contribution in [1.29, 1.82) is 0 Å². The molecule has 5 nitrogen and oxygen atoms in total. The van der Waals surface area contributed by atoms with E-state index >= 15 is 0 Å². The monoisotopic (exact) mass is 358 g/mol. The molecule has 2 aromatic carbocycles. The Hall–Kier alpha value is -2.96. The first-order chi connectivity index (χ1) is 12.5. The van der Waals surface area contributed by atoms with Crippen LogP contribution in [0.3, 0.4) is 0 Å². The molecule has 0 unspecified atom stereocenters. The summed E-state index contributed by atoms with van der Waals surface area (Å²) < 4.78 is 26.9. The average Bonchev–Trinajstić information content (AvgIpc) is 3.03. The molecule has 0 aliphatic heterocycles. The molecular formula is C19H20F2N4O. The summed E-state index contributed by atoms with van der Waals surface area (Å²) in [7, 11) is 0. The van der Waals surface area contributed by atoms with Gasteiger partial charge in [0.05, 0.1) is 16.7 Å². The van der Waals surface area contributed by atoms with Gasteiger partial charge in [-0.25, -0.2) is 18.6 Å². The molecule has 3 rings (SSSR count). The van der Waals surface area contributed by atoms with Crippen LogP contribution in [0.5, 0.6) is 0 Å². The third-order valence-corrected chi connectivity index (χ3v) is 4.22. The molecule has 3 aromatic rings. The fraction of sp³-hybridized carbons (Fsp3) is 0.263. The number of fused-ring (bicyclic) bond motifs is 1. The van der Waals surface area contributed by atoms with E-state index in [1.165, 1.54) is 4.90 Å². The Labute approximate surface area is 150 Å². The van der Waals surface area contributed by atoms with Crippen molar-refractivity contribution in [2.75, 3.05) is 18.4 Å². The van der Waals surface area contributed by atoms with Gasteiger partial charge in [0, 0.05) is 25.6 Å². The van der Waals surface area contributed by atoms with Crippen LogP contribution in [0.1, 0.15) is 18.3 Å². The first kappa shape index (κ1) is 17.8. The van der Waals surface area contributed by atoms with Crippen LogP contribution >= 0.6 is 0 Å². The zero-order chi connectivity index (χ0) is 18.7. The summed E-state index contributed by atoms with van der Waals surface area (Å²) >= 11 is 0. The number of aromatic nitrogens is 2. The van der Waals surface area contributed by atoms with Gasteiger partial charge in [-0.3, -0.25) is 0 Å². The van der Waals surface area contributed by atoms with Crippen LogP contribution in [0.2, 0.25) is 0 Å². The minimum absolute atomic E-state index is 0.173. The molecule has 7 heteroatoms. The molecule has 0 aliphatic carbocycles. The van der Waals surface area contributed by atoms with Crippen molar-refractivity contribution < 1.29 is 13.6 Å². The number of benzene rings is 2. The van der Waals surface area contributed by atoms with Crippen LogP contribution in [-0.2, 0) is 6.42 Å². The molecule has 2 N–H and O–H groups in total. The van der Waals surface area contributed by atoms with Gasteiger partial charge in [0.15, 0.2) is 0 Å². The van der Waals surface area contributed by atoms with Gasteiger partial charge in [0.1, 0.15) is 17.5 Å². The van der Waals surface area contributed by atoms with E-state index in [0.29, 0.717) is 19.5 Å². The van der Waals surface area contributed by atoms with E-state index in [0.717, 1.165) is 40.6 Å². The lowest BCUT2D eigenvalue weighted by atomic mass is 10.2. The zero-order valence-corrected chi connectivity index (χ0v) is 14.6. The number of nitrogens with one attached hydrogen (secondary N) is 2. The molecule has 0 spiro atoms. The van der Waals surface area contributed by atoms with E-state index < -0.39 is 17.7 Å². The Morgan fingerprint density at radius 2 is 2.08 bits per heavy atom. The number of urea groups is 1. The van der Waals surface area contributed by atoms with E-state index in [2.05, 4.69) is 15.3 Å². The number of aromatic amines is 1. The maximum absolute atomic E-state index is 13.7. The number of carbonyl (C=O) groups is 1. The van der Waals surface area contributed by atoms with Crippen LogP contribution in [0.15, 0.2) is 36.4 Å². The molecule has 0 atom stereocenters.